The molecule has 6 aliphatic rings. The lowest BCUT2D eigenvalue weighted by Gasteiger charge is -2.65. The van der Waals surface area contributed by atoms with E-state index in [9.17, 15) is 24.4 Å². The lowest BCUT2D eigenvalue weighted by molar-refractivity contribution is -0.199. The summed E-state index contributed by atoms with van der Waals surface area (Å²) in [6.45, 7) is 13.2. The number of fused-ring (bicyclic) bond motifs is 2. The Bertz CT molecular complexity index is 2340. The van der Waals surface area contributed by atoms with Crippen LogP contribution in [0.15, 0.2) is 54.6 Å². The van der Waals surface area contributed by atoms with E-state index in [2.05, 4.69) is 67.5 Å². The standard InChI is InChI=1S/C47H48ClN5O5/c1-46(2)44(47(3,4)45(46)58-36-15-12-30(21-49)39(48)20-36)53-25-32-18-28(10-16-37(32)42(53)56)8-9-29-22-50(23-29)34-26-51(27-34)33-13-11-31-24-52(43(57)38(31)19-33)40-17-14-35(54)6-5-7-41(40)55/h10-13,15-16,18-20,29,34,40,44-45H,5-7,14,17,22-27H2,1-4H3/t40?,44-,45-. The van der Waals surface area contributed by atoms with Crippen molar-refractivity contribution in [3.8, 4) is 23.7 Å². The van der Waals surface area contributed by atoms with Gasteiger partial charge in [0.1, 0.15) is 23.7 Å². The van der Waals surface area contributed by atoms with E-state index in [0.717, 1.165) is 54.1 Å². The highest BCUT2D eigenvalue weighted by Gasteiger charge is 2.67. The van der Waals surface area contributed by atoms with E-state index in [1.807, 2.05) is 29.2 Å². The van der Waals surface area contributed by atoms with Gasteiger partial charge in [-0.15, -0.1) is 0 Å². The molecule has 2 amide bonds. The zero-order chi connectivity index (χ0) is 40.7. The van der Waals surface area contributed by atoms with Crippen LogP contribution in [0.1, 0.15) is 103 Å². The monoisotopic (exact) mass is 797 g/mol. The molecule has 298 valence electrons. The van der Waals surface area contributed by atoms with Gasteiger partial charge in [0.2, 0.25) is 0 Å². The van der Waals surface area contributed by atoms with Crippen LogP contribution in [0.3, 0.4) is 0 Å². The number of hydrogen-bond donors (Lipinski definition) is 0. The number of carbonyl (C=O) groups excluding carboxylic acids is 4. The maximum atomic E-state index is 13.8. The van der Waals surface area contributed by atoms with Gasteiger partial charge in [-0.1, -0.05) is 57.2 Å². The Morgan fingerprint density at radius 2 is 1.53 bits per heavy atom. The molecule has 58 heavy (non-hydrogen) atoms. The summed E-state index contributed by atoms with van der Waals surface area (Å²) >= 11 is 6.29. The average Bonchev–Trinajstić information content (AvgIpc) is 3.63. The number of Topliss-reactive ketones (excluding diaryl/α,β-unsaturated/α-hetero) is 2. The summed E-state index contributed by atoms with van der Waals surface area (Å²) < 4.78 is 6.48. The molecular weight excluding hydrogens is 750 g/mol. The Morgan fingerprint density at radius 3 is 2.28 bits per heavy atom. The highest BCUT2D eigenvalue weighted by molar-refractivity contribution is 6.31. The number of ketones is 2. The van der Waals surface area contributed by atoms with Crippen molar-refractivity contribution in [1.82, 2.24) is 14.7 Å². The summed E-state index contributed by atoms with van der Waals surface area (Å²) in [6, 6.07) is 19.1. The quantitative estimate of drug-likeness (QED) is 0.255. The van der Waals surface area contributed by atoms with Gasteiger partial charge in [-0.2, -0.15) is 5.26 Å². The predicted molar refractivity (Wildman–Crippen MR) is 219 cm³/mol. The molecular formula is C47H48ClN5O5. The largest absolute Gasteiger partial charge is 0.489 e. The predicted octanol–water partition coefficient (Wildman–Crippen LogP) is 6.65. The maximum Gasteiger partial charge on any atom is 0.255 e. The second kappa shape index (κ2) is 14.3. The molecule has 10 nitrogen and oxygen atoms in total. The number of hydrogen-bond acceptors (Lipinski definition) is 8. The molecule has 0 aromatic heterocycles. The van der Waals surface area contributed by atoms with Crippen LogP contribution < -0.4 is 9.64 Å². The molecule has 0 radical (unpaired) electrons. The summed E-state index contributed by atoms with van der Waals surface area (Å²) in [5, 5.41) is 9.62. The van der Waals surface area contributed by atoms with Gasteiger partial charge < -0.3 is 19.4 Å². The molecule has 2 aliphatic carbocycles. The molecule has 3 aromatic rings. The van der Waals surface area contributed by atoms with Crippen LogP contribution in [0.2, 0.25) is 5.02 Å². The number of ether oxygens (including phenoxy) is 1. The minimum Gasteiger partial charge on any atom is -0.489 e. The van der Waals surface area contributed by atoms with Gasteiger partial charge in [-0.25, -0.2) is 0 Å². The fourth-order valence-electron chi connectivity index (χ4n) is 10.9. The van der Waals surface area contributed by atoms with E-state index >= 15 is 0 Å². The molecule has 4 fully saturated rings. The third-order valence-corrected chi connectivity index (χ3v) is 14.0. The average molecular weight is 798 g/mol. The molecule has 4 heterocycles. The van der Waals surface area contributed by atoms with Crippen molar-refractivity contribution in [2.45, 2.75) is 97.1 Å². The lowest BCUT2D eigenvalue weighted by Crippen LogP contribution is -2.74. The number of amides is 2. The molecule has 9 rings (SSSR count). The van der Waals surface area contributed by atoms with E-state index in [-0.39, 0.29) is 52.3 Å². The van der Waals surface area contributed by atoms with Gasteiger partial charge in [0.15, 0.2) is 5.78 Å². The SMILES string of the molecule is CC1(C)[C@H](Oc2ccc(C#N)c(Cl)c2)C(C)(C)[C@H]1N1Cc2cc(C#CC3CN(C4CN(c5ccc6c(c5)C(=O)N(C5CCC(=O)CCCC5=O)C6)C4)C3)ccc2C1=O. The molecule has 3 aromatic carbocycles. The van der Waals surface area contributed by atoms with Crippen molar-refractivity contribution in [3.63, 3.8) is 0 Å². The fraction of sp³-hybridized carbons (Fsp3) is 0.468. The fourth-order valence-corrected chi connectivity index (χ4v) is 11.1. The number of nitrogens with zero attached hydrogens (tertiary/aromatic N) is 5. The first-order valence-electron chi connectivity index (χ1n) is 20.5. The van der Waals surface area contributed by atoms with E-state index in [4.69, 9.17) is 16.3 Å². The maximum absolute atomic E-state index is 13.8. The van der Waals surface area contributed by atoms with Gasteiger partial charge in [0, 0.05) is 116 Å². The van der Waals surface area contributed by atoms with Crippen molar-refractivity contribution < 1.29 is 23.9 Å². The summed E-state index contributed by atoms with van der Waals surface area (Å²) in [7, 11) is 0. The van der Waals surface area contributed by atoms with Gasteiger partial charge >= 0.3 is 0 Å². The molecule has 2 saturated heterocycles. The van der Waals surface area contributed by atoms with Crippen LogP contribution in [0.4, 0.5) is 5.69 Å². The molecule has 0 bridgehead atoms. The van der Waals surface area contributed by atoms with Crippen molar-refractivity contribution >= 4 is 40.7 Å². The molecule has 0 spiro atoms. The van der Waals surface area contributed by atoms with Crippen molar-refractivity contribution in [2.24, 2.45) is 16.7 Å². The highest BCUT2D eigenvalue weighted by Crippen LogP contribution is 2.59. The second-order valence-corrected chi connectivity index (χ2v) is 18.7. The minimum atomic E-state index is -0.517. The first-order chi connectivity index (χ1) is 27.7. The molecule has 1 atom stereocenters. The van der Waals surface area contributed by atoms with Gasteiger partial charge in [-0.3, -0.25) is 24.1 Å². The summed E-state index contributed by atoms with van der Waals surface area (Å²) in [4.78, 5) is 60.8. The van der Waals surface area contributed by atoms with E-state index in [0.29, 0.717) is 73.1 Å². The first kappa shape index (κ1) is 38.4. The molecule has 4 aliphatic heterocycles. The topological polar surface area (TPSA) is 114 Å². The number of rotatable bonds is 6. The van der Waals surface area contributed by atoms with E-state index < -0.39 is 6.04 Å². The van der Waals surface area contributed by atoms with Crippen LogP contribution in [0.25, 0.3) is 0 Å². The number of likely N-dealkylation sites (tertiary alicyclic amines) is 1. The van der Waals surface area contributed by atoms with E-state index in [1.54, 1.807) is 23.1 Å². The molecule has 11 heteroatoms. The molecule has 2 saturated carbocycles. The summed E-state index contributed by atoms with van der Waals surface area (Å²) in [5.74, 6) is 7.96. The van der Waals surface area contributed by atoms with E-state index in [1.165, 1.54) is 0 Å². The Labute approximate surface area is 345 Å². The molecule has 0 N–H and O–H groups in total. The lowest BCUT2D eigenvalue weighted by atomic mass is 9.49. The Morgan fingerprint density at radius 1 is 0.793 bits per heavy atom. The number of benzene rings is 3. The smallest absolute Gasteiger partial charge is 0.255 e. The third-order valence-electron chi connectivity index (χ3n) is 13.6. The van der Waals surface area contributed by atoms with Gasteiger partial charge in [0.25, 0.3) is 11.8 Å². The van der Waals surface area contributed by atoms with Crippen LogP contribution in [0, 0.1) is 39.9 Å². The molecule has 1 unspecified atom stereocenters. The van der Waals surface area contributed by atoms with Gasteiger partial charge in [-0.05, 0) is 66.4 Å². The highest BCUT2D eigenvalue weighted by atomic mass is 35.5. The summed E-state index contributed by atoms with van der Waals surface area (Å²) in [5.41, 5.74) is 5.04. The number of carbonyl (C=O) groups is 4. The van der Waals surface area contributed by atoms with Crippen LogP contribution in [0.5, 0.6) is 5.75 Å². The zero-order valence-electron chi connectivity index (χ0n) is 33.5. The Hall–Kier alpha value is -5.16. The van der Waals surface area contributed by atoms with Gasteiger partial charge in [0.05, 0.1) is 16.6 Å². The Balaban J connectivity index is 0.774. The number of halogens is 1. The summed E-state index contributed by atoms with van der Waals surface area (Å²) in [6.07, 6.45) is 1.98. The normalized spacial score (nSPS) is 25.4. The first-order valence-corrected chi connectivity index (χ1v) is 20.9. The second-order valence-electron chi connectivity index (χ2n) is 18.3. The number of nitriles is 1. The van der Waals surface area contributed by atoms with Crippen LogP contribution >= 0.6 is 11.6 Å². The van der Waals surface area contributed by atoms with Crippen molar-refractivity contribution in [3.05, 3.63) is 93.0 Å². The van der Waals surface area contributed by atoms with Crippen molar-refractivity contribution in [2.75, 3.05) is 31.1 Å². The number of anilines is 1. The third kappa shape index (κ3) is 6.46. The van der Waals surface area contributed by atoms with Crippen LogP contribution in [-0.2, 0) is 22.7 Å². The van der Waals surface area contributed by atoms with Crippen LogP contribution in [-0.4, -0.2) is 88.5 Å². The Kier molecular flexibility index (Phi) is 9.45. The van der Waals surface area contributed by atoms with Crippen molar-refractivity contribution in [1.29, 1.82) is 5.26 Å². The zero-order valence-corrected chi connectivity index (χ0v) is 34.3. The minimum absolute atomic E-state index is 0.0403.